The molecule has 2 atom stereocenters. The summed E-state index contributed by atoms with van der Waals surface area (Å²) < 4.78 is 17.2. The third-order valence-electron chi connectivity index (χ3n) is 5.35. The summed E-state index contributed by atoms with van der Waals surface area (Å²) in [6, 6.07) is 0. The molecule has 7 nitrogen and oxygen atoms in total. The van der Waals surface area contributed by atoms with Gasteiger partial charge in [0.05, 0.1) is 24.8 Å². The number of piperidine rings is 1. The summed E-state index contributed by atoms with van der Waals surface area (Å²) >= 11 is 0. The first-order chi connectivity index (χ1) is 12.2. The first-order valence-corrected chi connectivity index (χ1v) is 9.24. The summed E-state index contributed by atoms with van der Waals surface area (Å²) in [5, 5.41) is 3.97. The molecular weight excluding hydrogens is 320 g/mol. The van der Waals surface area contributed by atoms with E-state index in [2.05, 4.69) is 20.0 Å². The summed E-state index contributed by atoms with van der Waals surface area (Å²) in [7, 11) is 0. The Bertz CT molecular complexity index is 690. The highest BCUT2D eigenvalue weighted by Gasteiger charge is 2.38. The minimum absolute atomic E-state index is 0.194. The Morgan fingerprint density at radius 1 is 1.20 bits per heavy atom. The van der Waals surface area contributed by atoms with Crippen LogP contribution in [0.5, 0.6) is 0 Å². The number of hydrogen-bond acceptors (Lipinski definition) is 7. The second-order valence-electron chi connectivity index (χ2n) is 7.24. The fourth-order valence-electron chi connectivity index (χ4n) is 4.10. The number of likely N-dealkylation sites (tertiary alicyclic amines) is 1. The van der Waals surface area contributed by atoms with E-state index in [4.69, 9.17) is 13.7 Å². The average molecular weight is 346 g/mol. The van der Waals surface area contributed by atoms with Crippen LogP contribution in [0.25, 0.3) is 0 Å². The van der Waals surface area contributed by atoms with Crippen LogP contribution in [0.1, 0.15) is 55.0 Å². The zero-order chi connectivity index (χ0) is 17.2. The van der Waals surface area contributed by atoms with E-state index in [1.165, 1.54) is 0 Å². The fourth-order valence-corrected chi connectivity index (χ4v) is 4.10. The first kappa shape index (κ1) is 16.7. The highest BCUT2D eigenvalue weighted by Crippen LogP contribution is 2.37. The number of aryl methyl sites for hydroxylation is 2. The van der Waals surface area contributed by atoms with Crippen LogP contribution in [0.4, 0.5) is 0 Å². The average Bonchev–Trinajstić information content (AvgIpc) is 3.24. The van der Waals surface area contributed by atoms with Crippen LogP contribution in [0, 0.1) is 19.8 Å². The van der Waals surface area contributed by atoms with E-state index in [1.807, 2.05) is 13.8 Å². The molecule has 2 saturated heterocycles. The summed E-state index contributed by atoms with van der Waals surface area (Å²) in [6.07, 6.45) is 6.35. The summed E-state index contributed by atoms with van der Waals surface area (Å²) in [5.74, 6) is 3.92. The molecule has 0 aromatic carbocycles. The topological polar surface area (TPSA) is 77.4 Å². The zero-order valence-corrected chi connectivity index (χ0v) is 15.0. The van der Waals surface area contributed by atoms with Gasteiger partial charge in [0.15, 0.2) is 5.82 Å². The van der Waals surface area contributed by atoms with Gasteiger partial charge in [0, 0.05) is 6.61 Å². The van der Waals surface area contributed by atoms with Crippen molar-refractivity contribution in [2.75, 3.05) is 19.7 Å². The zero-order valence-electron chi connectivity index (χ0n) is 15.0. The molecule has 136 valence electrons. The van der Waals surface area contributed by atoms with Gasteiger partial charge in [-0.2, -0.15) is 4.98 Å². The molecule has 0 aliphatic carbocycles. The van der Waals surface area contributed by atoms with Crippen molar-refractivity contribution in [3.63, 3.8) is 0 Å². The molecule has 25 heavy (non-hydrogen) atoms. The lowest BCUT2D eigenvalue weighted by atomic mass is 9.80. The number of rotatable bonds is 4. The minimum atomic E-state index is 0.194. The fraction of sp³-hybridized carbons (Fsp3) is 0.722. The molecule has 7 heteroatoms. The Morgan fingerprint density at radius 2 is 2.04 bits per heavy atom. The predicted molar refractivity (Wildman–Crippen MR) is 90.0 cm³/mol. The van der Waals surface area contributed by atoms with Crippen LogP contribution in [0.3, 0.4) is 0 Å². The number of nitrogens with zero attached hydrogens (tertiary/aromatic N) is 4. The third-order valence-corrected chi connectivity index (χ3v) is 5.35. The molecule has 0 saturated carbocycles. The van der Waals surface area contributed by atoms with E-state index in [1.54, 1.807) is 6.20 Å². The molecule has 4 rings (SSSR count). The molecule has 0 radical (unpaired) electrons. The van der Waals surface area contributed by atoms with Crippen LogP contribution < -0.4 is 0 Å². The Kier molecular flexibility index (Phi) is 4.85. The standard InChI is InChI=1S/C18H26N4O3/c1-12-10-19-16(24-12)11-22-7-5-14(6-8-22)17-15(4-3-9-23-17)18-20-13(2)21-25-18/h10,14-15,17H,3-9,11H2,1-2H3/t15-,17+/m1/s1. The number of oxazole rings is 1. The van der Waals surface area contributed by atoms with Gasteiger partial charge in [-0.15, -0.1) is 0 Å². The lowest BCUT2D eigenvalue weighted by molar-refractivity contribution is -0.0588. The van der Waals surface area contributed by atoms with E-state index < -0.39 is 0 Å². The Balaban J connectivity index is 1.37. The van der Waals surface area contributed by atoms with Crippen LogP contribution in [0.15, 0.2) is 15.1 Å². The highest BCUT2D eigenvalue weighted by molar-refractivity contribution is 5.01. The van der Waals surface area contributed by atoms with Gasteiger partial charge < -0.3 is 13.7 Å². The highest BCUT2D eigenvalue weighted by atomic mass is 16.5. The predicted octanol–water partition coefficient (Wildman–Crippen LogP) is 2.85. The van der Waals surface area contributed by atoms with Crippen molar-refractivity contribution < 1.29 is 13.7 Å². The molecule has 2 aliphatic heterocycles. The van der Waals surface area contributed by atoms with Gasteiger partial charge in [0.2, 0.25) is 11.8 Å². The van der Waals surface area contributed by atoms with Gasteiger partial charge in [0.25, 0.3) is 0 Å². The van der Waals surface area contributed by atoms with Gasteiger partial charge in [-0.1, -0.05) is 5.16 Å². The summed E-state index contributed by atoms with van der Waals surface area (Å²) in [5.41, 5.74) is 0. The Labute approximate surface area is 147 Å². The van der Waals surface area contributed by atoms with Crippen molar-refractivity contribution in [3.8, 4) is 0 Å². The van der Waals surface area contributed by atoms with Crippen molar-refractivity contribution >= 4 is 0 Å². The SMILES string of the molecule is Cc1noc([C@@H]2CCCO[C@H]2C2CCN(Cc3ncc(C)o3)CC2)n1. The van der Waals surface area contributed by atoms with Crippen LogP contribution in [-0.4, -0.2) is 45.8 Å². The molecular formula is C18H26N4O3. The molecule has 0 N–H and O–H groups in total. The molecule has 2 aliphatic rings. The van der Waals surface area contributed by atoms with Gasteiger partial charge in [-0.05, 0) is 58.5 Å². The summed E-state index contributed by atoms with van der Waals surface area (Å²) in [4.78, 5) is 11.2. The Hall–Kier alpha value is -1.73. The van der Waals surface area contributed by atoms with Crippen molar-refractivity contribution in [1.29, 1.82) is 0 Å². The maximum Gasteiger partial charge on any atom is 0.232 e. The number of aromatic nitrogens is 3. The lowest BCUT2D eigenvalue weighted by Gasteiger charge is -2.39. The van der Waals surface area contributed by atoms with Crippen molar-refractivity contribution in [2.45, 2.75) is 58.1 Å². The van der Waals surface area contributed by atoms with Gasteiger partial charge in [-0.3, -0.25) is 4.90 Å². The van der Waals surface area contributed by atoms with E-state index >= 15 is 0 Å². The Morgan fingerprint density at radius 3 is 2.72 bits per heavy atom. The molecule has 2 aromatic heterocycles. The van der Waals surface area contributed by atoms with Crippen molar-refractivity contribution in [3.05, 3.63) is 29.6 Å². The van der Waals surface area contributed by atoms with Crippen LogP contribution in [0.2, 0.25) is 0 Å². The largest absolute Gasteiger partial charge is 0.445 e. The molecule has 4 heterocycles. The van der Waals surface area contributed by atoms with E-state index in [-0.39, 0.29) is 12.0 Å². The first-order valence-electron chi connectivity index (χ1n) is 9.24. The quantitative estimate of drug-likeness (QED) is 0.842. The monoisotopic (exact) mass is 346 g/mol. The van der Waals surface area contributed by atoms with Crippen molar-refractivity contribution in [1.82, 2.24) is 20.0 Å². The van der Waals surface area contributed by atoms with Gasteiger partial charge >= 0.3 is 0 Å². The second-order valence-corrected chi connectivity index (χ2v) is 7.24. The second kappa shape index (κ2) is 7.25. The minimum Gasteiger partial charge on any atom is -0.445 e. The number of ether oxygens (including phenoxy) is 1. The molecule has 0 unspecified atom stereocenters. The van der Waals surface area contributed by atoms with Gasteiger partial charge in [0.1, 0.15) is 5.76 Å². The maximum absolute atomic E-state index is 6.17. The smallest absolute Gasteiger partial charge is 0.232 e. The van der Waals surface area contributed by atoms with Crippen molar-refractivity contribution in [2.24, 2.45) is 5.92 Å². The molecule has 2 fully saturated rings. The van der Waals surface area contributed by atoms with Crippen LogP contribution >= 0.6 is 0 Å². The summed E-state index contributed by atoms with van der Waals surface area (Å²) in [6.45, 7) is 7.52. The van der Waals surface area contributed by atoms with E-state index in [0.29, 0.717) is 11.7 Å². The van der Waals surface area contributed by atoms with Gasteiger partial charge in [-0.25, -0.2) is 4.98 Å². The number of hydrogen-bond donors (Lipinski definition) is 0. The van der Waals surface area contributed by atoms with Crippen LogP contribution in [-0.2, 0) is 11.3 Å². The molecule has 2 aromatic rings. The maximum atomic E-state index is 6.17. The molecule has 0 spiro atoms. The molecule has 0 bridgehead atoms. The normalized spacial score (nSPS) is 26.2. The third kappa shape index (κ3) is 3.77. The lowest BCUT2D eigenvalue weighted by Crippen LogP contribution is -2.42. The molecule has 0 amide bonds. The van der Waals surface area contributed by atoms with E-state index in [0.717, 1.165) is 69.5 Å². The van der Waals surface area contributed by atoms with E-state index in [9.17, 15) is 0 Å².